The van der Waals surface area contributed by atoms with Gasteiger partial charge >= 0.3 is 6.03 Å². The second-order valence-corrected chi connectivity index (χ2v) is 10.9. The summed E-state index contributed by atoms with van der Waals surface area (Å²) < 4.78 is 4.96. The van der Waals surface area contributed by atoms with Gasteiger partial charge in [-0.15, -0.1) is 11.3 Å². The molecule has 1 unspecified atom stereocenters. The molecule has 0 bridgehead atoms. The van der Waals surface area contributed by atoms with Crippen LogP contribution in [-0.4, -0.2) is 16.1 Å². The number of rotatable bonds is 4. The largest absolute Gasteiger partial charge is 0.386 e. The molecule has 2 aromatic rings. The molecule has 8 heteroatoms. The number of thiophene rings is 1. The van der Waals surface area contributed by atoms with Gasteiger partial charge in [0.2, 0.25) is 0 Å². The first-order valence-corrected chi connectivity index (χ1v) is 12.2. The zero-order valence-electron chi connectivity index (χ0n) is 17.1. The van der Waals surface area contributed by atoms with Gasteiger partial charge < -0.3 is 10.4 Å². The highest BCUT2D eigenvalue weighted by Gasteiger charge is 2.28. The minimum atomic E-state index is -1.06. The lowest BCUT2D eigenvalue weighted by Gasteiger charge is -2.28. The Morgan fingerprint density at radius 1 is 1.38 bits per heavy atom. The molecular weight excluding hydrogens is 404 g/mol. The van der Waals surface area contributed by atoms with Gasteiger partial charge in [0.25, 0.3) is 0 Å². The summed E-state index contributed by atoms with van der Waals surface area (Å²) in [7, 11) is -1.06. The van der Waals surface area contributed by atoms with Gasteiger partial charge in [-0.1, -0.05) is 6.42 Å². The number of urea groups is 1. The number of amides is 2. The topological polar surface area (TPSA) is 101 Å². The number of carbonyl (C=O) groups excluding carboxylic acids is 1. The molecule has 0 aromatic carbocycles. The number of aromatic nitrogens is 1. The highest BCUT2D eigenvalue weighted by atomic mass is 32.2. The lowest BCUT2D eigenvalue weighted by molar-refractivity contribution is 0.0789. The second-order valence-electron chi connectivity index (χ2n) is 8.45. The Morgan fingerprint density at radius 2 is 2.14 bits per heavy atom. The monoisotopic (exact) mass is 432 g/mol. The van der Waals surface area contributed by atoms with Crippen LogP contribution < -0.4 is 10.5 Å². The zero-order valence-corrected chi connectivity index (χ0v) is 18.8. The summed E-state index contributed by atoms with van der Waals surface area (Å²) in [5.41, 5.74) is 5.25. The number of pyridine rings is 1. The van der Waals surface area contributed by atoms with Crippen molar-refractivity contribution in [1.82, 2.24) is 4.98 Å². The van der Waals surface area contributed by atoms with Crippen molar-refractivity contribution in [3.05, 3.63) is 39.5 Å². The fourth-order valence-electron chi connectivity index (χ4n) is 3.96. The van der Waals surface area contributed by atoms with Crippen LogP contribution in [0.25, 0.3) is 0 Å². The highest BCUT2D eigenvalue weighted by molar-refractivity contribution is 7.87. The predicted octanol–water partition coefficient (Wildman–Crippen LogP) is 4.70. The van der Waals surface area contributed by atoms with Gasteiger partial charge in [-0.3, -0.25) is 10.1 Å². The van der Waals surface area contributed by atoms with Crippen LogP contribution in [0, 0.1) is 6.92 Å². The molecule has 1 saturated carbocycles. The summed E-state index contributed by atoms with van der Waals surface area (Å²) in [6.45, 7) is 5.51. The molecule has 0 aliphatic heterocycles. The predicted molar refractivity (Wildman–Crippen MR) is 118 cm³/mol. The smallest absolute Gasteiger partial charge is 0.352 e. The fourth-order valence-corrected chi connectivity index (χ4v) is 5.97. The Morgan fingerprint density at radius 3 is 2.76 bits per heavy atom. The van der Waals surface area contributed by atoms with E-state index in [0.717, 1.165) is 57.2 Å². The molecule has 2 aliphatic carbocycles. The first-order valence-electron chi connectivity index (χ1n) is 10.1. The lowest BCUT2D eigenvalue weighted by Crippen LogP contribution is -2.18. The third kappa shape index (κ3) is 4.17. The van der Waals surface area contributed by atoms with E-state index in [0.29, 0.717) is 5.92 Å². The van der Waals surface area contributed by atoms with E-state index < -0.39 is 22.5 Å². The van der Waals surface area contributed by atoms with Crippen molar-refractivity contribution in [2.75, 3.05) is 5.32 Å². The van der Waals surface area contributed by atoms with Gasteiger partial charge in [0, 0.05) is 28.2 Å². The van der Waals surface area contributed by atoms with Crippen molar-refractivity contribution in [2.45, 2.75) is 75.0 Å². The maximum absolute atomic E-state index is 12.7. The van der Waals surface area contributed by atoms with Crippen molar-refractivity contribution in [3.63, 3.8) is 0 Å². The molecular formula is C21H28N4O2S2. The number of aliphatic hydroxyl groups is 1. The second kappa shape index (κ2) is 7.91. The van der Waals surface area contributed by atoms with E-state index in [1.165, 1.54) is 30.6 Å². The Kier molecular flexibility index (Phi) is 5.63. The van der Waals surface area contributed by atoms with Gasteiger partial charge in [-0.25, -0.2) is 4.79 Å². The van der Waals surface area contributed by atoms with E-state index in [9.17, 15) is 9.90 Å². The first kappa shape index (κ1) is 20.7. The normalized spacial score (nSPS) is 17.8. The highest BCUT2D eigenvalue weighted by Crippen LogP contribution is 2.41. The first-order chi connectivity index (χ1) is 13.7. The summed E-state index contributed by atoms with van der Waals surface area (Å²) in [5.74, 6) is 0.518. The molecule has 0 radical (unpaired) electrons. The van der Waals surface area contributed by atoms with E-state index in [1.807, 2.05) is 11.4 Å². The van der Waals surface area contributed by atoms with Crippen molar-refractivity contribution in [2.24, 2.45) is 9.50 Å². The van der Waals surface area contributed by atoms with E-state index in [-0.39, 0.29) is 0 Å². The summed E-state index contributed by atoms with van der Waals surface area (Å²) >= 11 is 1.42. The van der Waals surface area contributed by atoms with E-state index in [1.54, 1.807) is 13.8 Å². The average molecular weight is 433 g/mol. The molecule has 2 amide bonds. The van der Waals surface area contributed by atoms with Gasteiger partial charge in [0.15, 0.2) is 0 Å². The maximum atomic E-state index is 12.7. The molecule has 156 valence electrons. The number of fused-ring (bicyclic) bond motifs is 1. The third-order valence-corrected chi connectivity index (χ3v) is 8.31. The molecule has 4 N–H and O–H groups in total. The number of aryl methyl sites for hydroxylation is 1. The van der Waals surface area contributed by atoms with Crippen LogP contribution in [0.4, 0.5) is 10.5 Å². The van der Waals surface area contributed by atoms with Crippen LogP contribution >= 0.6 is 11.3 Å². The molecule has 0 saturated heterocycles. The molecule has 1 fully saturated rings. The van der Waals surface area contributed by atoms with Crippen molar-refractivity contribution in [1.29, 1.82) is 0 Å². The molecule has 29 heavy (non-hydrogen) atoms. The SMILES string of the molecule is Cc1c(C2CCC2)nc2c(c1NC(=O)/N=S(\N)c1cc(C(C)(C)O)cs1)CCC2. The van der Waals surface area contributed by atoms with E-state index >= 15 is 0 Å². The minimum Gasteiger partial charge on any atom is -0.386 e. The third-order valence-electron chi connectivity index (χ3n) is 5.90. The number of carbonyl (C=O) groups is 1. The van der Waals surface area contributed by atoms with Gasteiger partial charge in [0.1, 0.15) is 0 Å². The van der Waals surface area contributed by atoms with E-state index in [2.05, 4.69) is 16.6 Å². The average Bonchev–Trinajstić information content (AvgIpc) is 3.25. The molecule has 2 aliphatic rings. The summed E-state index contributed by atoms with van der Waals surface area (Å²) in [6, 6.07) is 1.41. The number of nitrogens with two attached hydrogens (primary N) is 1. The standard InChI is InChI=1S/C21H28N4O2S2/c1-12-18(13-6-4-7-13)23-16-9-5-8-15(16)19(12)24-20(26)25-29(22)17-10-14(11-28-17)21(2,3)27/h10-11,13,27H,4-9H2,1-3H3,(H3,22,23,24,25,26). The van der Waals surface area contributed by atoms with E-state index in [4.69, 9.17) is 10.1 Å². The summed E-state index contributed by atoms with van der Waals surface area (Å²) in [5, 5.41) is 21.2. The Bertz CT molecular complexity index is 987. The Balaban J connectivity index is 1.59. The van der Waals surface area contributed by atoms with Crippen LogP contribution in [0.15, 0.2) is 20.0 Å². The van der Waals surface area contributed by atoms with Crippen LogP contribution in [0.2, 0.25) is 0 Å². The van der Waals surface area contributed by atoms with Gasteiger partial charge in [0.05, 0.1) is 15.5 Å². The number of hydrogen-bond donors (Lipinski definition) is 3. The fraction of sp³-hybridized carbons (Fsp3) is 0.524. The molecule has 6 nitrogen and oxygen atoms in total. The molecule has 4 rings (SSSR count). The number of nitrogens with one attached hydrogen (secondary N) is 1. The summed E-state index contributed by atoms with van der Waals surface area (Å²) in [4.78, 5) is 17.7. The van der Waals surface area contributed by atoms with Crippen molar-refractivity contribution >= 4 is 33.9 Å². The molecule has 0 spiro atoms. The zero-order chi connectivity index (χ0) is 20.8. The Labute approximate surface area is 178 Å². The molecule has 2 aromatic heterocycles. The Hall–Kier alpha value is -1.61. The lowest BCUT2D eigenvalue weighted by atomic mass is 9.80. The number of hydrogen-bond acceptors (Lipinski definition) is 4. The van der Waals surface area contributed by atoms with Gasteiger partial charge in [-0.05, 0) is 81.0 Å². The minimum absolute atomic E-state index is 0.419. The van der Waals surface area contributed by atoms with Crippen LogP contribution in [0.3, 0.4) is 0 Å². The van der Waals surface area contributed by atoms with Crippen LogP contribution in [-0.2, 0) is 29.3 Å². The quantitative estimate of drug-likeness (QED) is 0.652. The molecule has 1 atom stereocenters. The number of nitrogens with zero attached hydrogens (tertiary/aromatic N) is 2. The van der Waals surface area contributed by atoms with Gasteiger partial charge in [-0.2, -0.15) is 4.36 Å². The van der Waals surface area contributed by atoms with Crippen molar-refractivity contribution in [3.8, 4) is 0 Å². The maximum Gasteiger partial charge on any atom is 0.352 e. The summed E-state index contributed by atoms with van der Waals surface area (Å²) in [6.07, 6.45) is 6.61. The van der Waals surface area contributed by atoms with Crippen LogP contribution in [0.5, 0.6) is 0 Å². The molecule has 2 heterocycles. The van der Waals surface area contributed by atoms with Crippen LogP contribution in [0.1, 0.15) is 73.5 Å². The van der Waals surface area contributed by atoms with Crippen molar-refractivity contribution < 1.29 is 9.90 Å². The number of anilines is 1.